The van der Waals surface area contributed by atoms with E-state index in [0.717, 1.165) is 74.1 Å². The number of carbonyl (C=O) groups is 4. The fourth-order valence-corrected chi connectivity index (χ4v) is 12.7. The first kappa shape index (κ1) is 57.2. The van der Waals surface area contributed by atoms with Crippen LogP contribution in [0.5, 0.6) is 0 Å². The summed E-state index contributed by atoms with van der Waals surface area (Å²) in [5.74, 6) is -2.29. The molecule has 84 heavy (non-hydrogen) atoms. The summed E-state index contributed by atoms with van der Waals surface area (Å²) < 4.78 is 49.6. The summed E-state index contributed by atoms with van der Waals surface area (Å²) >= 11 is 0. The molecule has 0 spiro atoms. The van der Waals surface area contributed by atoms with E-state index in [0.29, 0.717) is 44.8 Å². The van der Waals surface area contributed by atoms with Crippen LogP contribution in [0.4, 0.5) is 8.78 Å². The largest absolute Gasteiger partial charge is 0.462 e. The van der Waals surface area contributed by atoms with Crippen molar-refractivity contribution in [2.45, 2.75) is 141 Å². The van der Waals surface area contributed by atoms with Gasteiger partial charge in [-0.05, 0) is 140 Å². The number of rotatable bonds is 14. The standard InChI is InChI=1S/2C32H35FN6O3/c2*1-5-42-32(41)27-17-34-39(30(27)26-16-25(26)28-18-37(4)36-35-28)22-12-7-11-21(15-22)23-13-8-14-24(29(23)33)31(40)38-19(2)9-6-10-20(38)3/h2*7-8,11-15,17-20,25-26H,5-6,9-10,16H2,1-4H3/t2*19-,20+,25-,26-/m00/s1. The van der Waals surface area contributed by atoms with E-state index in [1.807, 2.05) is 113 Å². The van der Waals surface area contributed by atoms with Crippen LogP contribution >= 0.6 is 0 Å². The highest BCUT2D eigenvalue weighted by Crippen LogP contribution is 2.56. The van der Waals surface area contributed by atoms with Crippen LogP contribution in [-0.4, -0.2) is 120 Å². The second-order valence-corrected chi connectivity index (χ2v) is 22.8. The summed E-state index contributed by atoms with van der Waals surface area (Å²) in [7, 11) is 3.64. The van der Waals surface area contributed by atoms with Crippen molar-refractivity contribution in [2.24, 2.45) is 14.1 Å². The average Bonchev–Trinajstić information content (AvgIpc) is 1.99. The lowest BCUT2D eigenvalue weighted by molar-refractivity contribution is 0.0497. The zero-order valence-electron chi connectivity index (χ0n) is 48.7. The molecule has 2 saturated carbocycles. The highest BCUT2D eigenvalue weighted by molar-refractivity contribution is 5.97. The van der Waals surface area contributed by atoms with E-state index in [2.05, 4.69) is 30.8 Å². The molecule has 2 aliphatic carbocycles. The first-order valence-electron chi connectivity index (χ1n) is 29.2. The second kappa shape index (κ2) is 23.9. The fraction of sp³-hybridized carbons (Fsp3) is 0.406. The highest BCUT2D eigenvalue weighted by Gasteiger charge is 2.48. The normalized spacial score (nSPS) is 21.8. The van der Waals surface area contributed by atoms with E-state index in [4.69, 9.17) is 9.47 Å². The number of nitrogens with zero attached hydrogens (tertiary/aromatic N) is 12. The van der Waals surface area contributed by atoms with Gasteiger partial charge in [-0.3, -0.25) is 19.0 Å². The van der Waals surface area contributed by atoms with Gasteiger partial charge in [0.2, 0.25) is 0 Å². The van der Waals surface area contributed by atoms with Gasteiger partial charge in [-0.2, -0.15) is 10.2 Å². The van der Waals surface area contributed by atoms with Crippen LogP contribution in [0.15, 0.2) is 110 Å². The first-order chi connectivity index (χ1) is 40.6. The Morgan fingerprint density at radius 2 is 0.905 bits per heavy atom. The number of hydrogen-bond acceptors (Lipinski definition) is 12. The Morgan fingerprint density at radius 1 is 0.524 bits per heavy atom. The molecule has 4 aliphatic rings. The molecule has 4 aromatic heterocycles. The van der Waals surface area contributed by atoms with Crippen molar-refractivity contribution in [3.8, 4) is 33.6 Å². The molecule has 0 radical (unpaired) electrons. The lowest BCUT2D eigenvalue weighted by Crippen LogP contribution is -2.47. The van der Waals surface area contributed by atoms with E-state index in [1.54, 1.807) is 69.0 Å². The third-order valence-electron chi connectivity index (χ3n) is 17.0. The minimum absolute atomic E-state index is 0.00142. The number of piperidine rings is 2. The van der Waals surface area contributed by atoms with Crippen molar-refractivity contribution < 1.29 is 37.4 Å². The molecule has 18 nitrogen and oxygen atoms in total. The SMILES string of the molecule is CCOC(=O)c1cnn(-c2cccc(-c3cccc(C(=O)N4[C@H](C)CCC[C@@H]4C)c3F)c2)c1[C@H]1C[C@@H]1c1cn(C)nn1.CCOC(=O)c1cnn(-c2cccc(-c3cccc(C(=O)N4[C@H](C)CCC[C@@H]4C)c3F)c2)c1[C@H]1C[C@@H]1c1cn(C)nn1. The highest BCUT2D eigenvalue weighted by atomic mass is 19.1. The van der Waals surface area contributed by atoms with Crippen molar-refractivity contribution in [3.05, 3.63) is 166 Å². The lowest BCUT2D eigenvalue weighted by atomic mass is 9.95. The molecule has 20 heteroatoms. The number of carbonyl (C=O) groups excluding carboxylic acids is 4. The van der Waals surface area contributed by atoms with Crippen LogP contribution in [0.25, 0.3) is 33.6 Å². The maximum Gasteiger partial charge on any atom is 0.341 e. The number of benzene rings is 4. The third kappa shape index (κ3) is 11.2. The zero-order valence-corrected chi connectivity index (χ0v) is 48.7. The molecule has 0 bridgehead atoms. The van der Waals surface area contributed by atoms with E-state index in [1.165, 1.54) is 12.4 Å². The van der Waals surface area contributed by atoms with Crippen molar-refractivity contribution in [2.75, 3.05) is 13.2 Å². The number of esters is 2. The van der Waals surface area contributed by atoms with E-state index in [9.17, 15) is 19.2 Å². The number of aromatic nitrogens is 10. The van der Waals surface area contributed by atoms with Gasteiger partial charge in [0.05, 0.1) is 70.9 Å². The predicted octanol–water partition coefficient (Wildman–Crippen LogP) is 11.3. The van der Waals surface area contributed by atoms with Gasteiger partial charge in [0, 0.05) is 85.5 Å². The molecule has 436 valence electrons. The number of amides is 2. The molecule has 0 N–H and O–H groups in total. The summed E-state index contributed by atoms with van der Waals surface area (Å²) in [4.78, 5) is 56.5. The van der Waals surface area contributed by atoms with Crippen molar-refractivity contribution in [1.29, 1.82) is 0 Å². The Morgan fingerprint density at radius 3 is 1.26 bits per heavy atom. The Balaban J connectivity index is 0.000000175. The Kier molecular flexibility index (Phi) is 16.3. The van der Waals surface area contributed by atoms with Crippen LogP contribution < -0.4 is 0 Å². The monoisotopic (exact) mass is 1140 g/mol. The molecular weight excluding hydrogens is 1070 g/mol. The zero-order chi connectivity index (χ0) is 59.1. The molecule has 8 atom stereocenters. The molecule has 12 rings (SSSR count). The van der Waals surface area contributed by atoms with Gasteiger partial charge < -0.3 is 19.3 Å². The summed E-state index contributed by atoms with van der Waals surface area (Å²) in [5, 5.41) is 25.8. The van der Waals surface area contributed by atoms with Crippen molar-refractivity contribution in [3.63, 3.8) is 0 Å². The van der Waals surface area contributed by atoms with Crippen LogP contribution in [0.3, 0.4) is 0 Å². The van der Waals surface area contributed by atoms with Gasteiger partial charge in [0.15, 0.2) is 0 Å². The Hall–Kier alpha value is -8.68. The van der Waals surface area contributed by atoms with Crippen LogP contribution in [-0.2, 0) is 23.6 Å². The van der Waals surface area contributed by atoms with Gasteiger partial charge in [-0.25, -0.2) is 27.7 Å². The van der Waals surface area contributed by atoms with E-state index >= 15 is 8.78 Å². The molecule has 8 aromatic rings. The minimum Gasteiger partial charge on any atom is -0.462 e. The Bertz CT molecular complexity index is 3510. The first-order valence-corrected chi connectivity index (χ1v) is 29.2. The molecule has 6 heterocycles. The van der Waals surface area contributed by atoms with Gasteiger partial charge in [-0.15, -0.1) is 10.2 Å². The van der Waals surface area contributed by atoms with Crippen molar-refractivity contribution in [1.82, 2.24) is 59.3 Å². The van der Waals surface area contributed by atoms with Crippen molar-refractivity contribution >= 4 is 23.8 Å². The predicted molar refractivity (Wildman–Crippen MR) is 310 cm³/mol. The Labute approximate surface area is 486 Å². The van der Waals surface area contributed by atoms with Crippen LogP contribution in [0, 0.1) is 11.6 Å². The molecule has 2 aliphatic heterocycles. The molecule has 2 saturated heterocycles. The quantitative estimate of drug-likeness (QED) is 0.0938. The number of likely N-dealkylation sites (tertiary alicyclic amines) is 2. The van der Waals surface area contributed by atoms with Crippen LogP contribution in [0.2, 0.25) is 0 Å². The summed E-state index contributed by atoms with van der Waals surface area (Å²) in [6, 6.07) is 24.9. The maximum absolute atomic E-state index is 16.1. The van der Waals surface area contributed by atoms with E-state index in [-0.39, 0.29) is 84.0 Å². The average molecular weight is 1140 g/mol. The number of halogens is 2. The molecule has 4 aromatic carbocycles. The number of hydrogen-bond donors (Lipinski definition) is 0. The smallest absolute Gasteiger partial charge is 0.341 e. The number of aryl methyl sites for hydroxylation is 2. The minimum atomic E-state index is -0.539. The molecule has 2 amide bonds. The topological polar surface area (TPSA) is 190 Å². The fourth-order valence-electron chi connectivity index (χ4n) is 12.7. The summed E-state index contributed by atoms with van der Waals surface area (Å²) in [5.41, 5.74) is 7.40. The molecule has 0 unspecified atom stereocenters. The van der Waals surface area contributed by atoms with Gasteiger partial charge in [0.1, 0.15) is 22.8 Å². The third-order valence-corrected chi connectivity index (χ3v) is 17.0. The molecule has 4 fully saturated rings. The van der Waals surface area contributed by atoms with Gasteiger partial charge in [0.25, 0.3) is 11.8 Å². The summed E-state index contributed by atoms with van der Waals surface area (Å²) in [6.07, 6.45) is 14.2. The lowest BCUT2D eigenvalue weighted by Gasteiger charge is -2.39. The van der Waals surface area contributed by atoms with Gasteiger partial charge >= 0.3 is 11.9 Å². The summed E-state index contributed by atoms with van der Waals surface area (Å²) in [6.45, 7) is 12.1. The van der Waals surface area contributed by atoms with Gasteiger partial charge in [-0.1, -0.05) is 59.0 Å². The second-order valence-electron chi connectivity index (χ2n) is 22.8. The molecular formula is C64H70F2N12O6. The van der Waals surface area contributed by atoms with Crippen LogP contribution in [0.1, 0.15) is 181 Å². The maximum atomic E-state index is 16.1. The number of ether oxygens (including phenoxy) is 2. The van der Waals surface area contributed by atoms with E-state index < -0.39 is 23.6 Å².